The molecule has 44 heavy (non-hydrogen) atoms. The summed E-state index contributed by atoms with van der Waals surface area (Å²) in [7, 11) is 0. The first-order valence-electron chi connectivity index (χ1n) is 13.5. The molecular formula is C30H28F4N8O2. The van der Waals surface area contributed by atoms with E-state index in [-0.39, 0.29) is 36.7 Å². The molecule has 0 bridgehead atoms. The lowest BCUT2D eigenvalue weighted by Gasteiger charge is -2.12. The first kappa shape index (κ1) is 30.1. The molecule has 10 nitrogen and oxygen atoms in total. The molecule has 0 aliphatic rings. The normalized spacial score (nSPS) is 11.6. The number of primary amides is 2. The molecule has 4 heterocycles. The van der Waals surface area contributed by atoms with Gasteiger partial charge >= 0.3 is 6.18 Å². The number of fused-ring (bicyclic) bond motifs is 2. The molecule has 0 fully saturated rings. The van der Waals surface area contributed by atoms with Crippen LogP contribution >= 0.6 is 0 Å². The number of hydrogen-bond donors (Lipinski definition) is 4. The molecule has 0 aliphatic heterocycles. The van der Waals surface area contributed by atoms with Crippen molar-refractivity contribution >= 4 is 33.6 Å². The predicted octanol–water partition coefficient (Wildman–Crippen LogP) is 5.28. The Labute approximate surface area is 247 Å². The van der Waals surface area contributed by atoms with Gasteiger partial charge in [0.15, 0.2) is 0 Å². The molecule has 0 atom stereocenters. The third kappa shape index (κ3) is 6.19. The fraction of sp³-hybridized carbons (Fsp3) is 0.200. The minimum Gasteiger partial charge on any atom is -0.370 e. The van der Waals surface area contributed by atoms with Crippen molar-refractivity contribution in [3.05, 3.63) is 84.5 Å². The Balaban J connectivity index is 0.000000175. The van der Waals surface area contributed by atoms with Crippen molar-refractivity contribution in [3.63, 3.8) is 0 Å². The predicted molar refractivity (Wildman–Crippen MR) is 156 cm³/mol. The minimum atomic E-state index is -4.60. The molecule has 0 radical (unpaired) electrons. The number of aryl methyl sites for hydroxylation is 2. The summed E-state index contributed by atoms with van der Waals surface area (Å²) in [6, 6.07) is 11.7. The third-order valence-electron chi connectivity index (χ3n) is 7.16. The Bertz CT molecular complexity index is 1960. The van der Waals surface area contributed by atoms with E-state index in [4.69, 9.17) is 11.5 Å². The van der Waals surface area contributed by atoms with Gasteiger partial charge in [-0.15, -0.1) is 0 Å². The molecule has 6 N–H and O–H groups in total. The van der Waals surface area contributed by atoms with Gasteiger partial charge in [0.1, 0.15) is 11.5 Å². The minimum absolute atomic E-state index is 0.0283. The zero-order valence-electron chi connectivity index (χ0n) is 23.5. The van der Waals surface area contributed by atoms with E-state index in [0.717, 1.165) is 37.9 Å². The number of rotatable bonds is 8. The maximum absolute atomic E-state index is 13.5. The fourth-order valence-electron chi connectivity index (χ4n) is 5.04. The molecule has 2 aromatic carbocycles. The molecule has 0 spiro atoms. The smallest absolute Gasteiger partial charge is 0.370 e. The summed E-state index contributed by atoms with van der Waals surface area (Å²) in [6.45, 7) is 2.18. The second kappa shape index (κ2) is 12.1. The van der Waals surface area contributed by atoms with Crippen LogP contribution in [-0.4, -0.2) is 41.3 Å². The maximum Gasteiger partial charge on any atom is 0.433 e. The van der Waals surface area contributed by atoms with Gasteiger partial charge in [-0.25, -0.2) is 4.39 Å². The van der Waals surface area contributed by atoms with E-state index in [0.29, 0.717) is 17.5 Å². The summed E-state index contributed by atoms with van der Waals surface area (Å²) in [5.41, 5.74) is 14.0. The van der Waals surface area contributed by atoms with Crippen LogP contribution in [0.4, 0.5) is 17.6 Å². The standard InChI is InChI=1S/C15H13F3N4O.C15H15FN4O/c16-15(17,18)14-11(8-21-22(14)6-5-13(19)23)10-7-20-12-4-2-1-3-9(10)12;1-9-12(8-19-20(9)5-4-15(17)21)13-7-18-14-6-10(16)2-3-11(13)14/h1-4,7-8,20H,5-6H2,(H2,19,23);2-3,6-8,18H,4-5H2,1H3,(H2,17,21). The topological polar surface area (TPSA) is 153 Å². The second-order valence-electron chi connectivity index (χ2n) is 10.1. The number of nitrogens with one attached hydrogen (secondary N) is 2. The number of benzene rings is 2. The second-order valence-corrected chi connectivity index (χ2v) is 10.1. The van der Waals surface area contributed by atoms with Crippen LogP contribution in [0.3, 0.4) is 0 Å². The van der Waals surface area contributed by atoms with E-state index >= 15 is 0 Å². The Morgan fingerprint density at radius 2 is 1.36 bits per heavy atom. The van der Waals surface area contributed by atoms with E-state index in [2.05, 4.69) is 20.2 Å². The molecule has 14 heteroatoms. The van der Waals surface area contributed by atoms with Gasteiger partial charge in [0.2, 0.25) is 11.8 Å². The van der Waals surface area contributed by atoms with Gasteiger partial charge in [0.25, 0.3) is 0 Å². The summed E-state index contributed by atoms with van der Waals surface area (Å²) >= 11 is 0. The number of H-pyrrole nitrogens is 2. The monoisotopic (exact) mass is 608 g/mol. The van der Waals surface area contributed by atoms with Crippen LogP contribution in [0.15, 0.2) is 67.3 Å². The number of halogens is 4. The largest absolute Gasteiger partial charge is 0.433 e. The average Bonchev–Trinajstić information content (AvgIpc) is 3.75. The number of carbonyl (C=O) groups excluding carboxylic acids is 2. The summed E-state index contributed by atoms with van der Waals surface area (Å²) in [4.78, 5) is 27.7. The van der Waals surface area contributed by atoms with Crippen LogP contribution in [0.5, 0.6) is 0 Å². The quantitative estimate of drug-likeness (QED) is 0.174. The van der Waals surface area contributed by atoms with Crippen LogP contribution in [-0.2, 0) is 28.9 Å². The molecular weight excluding hydrogens is 580 g/mol. The molecule has 2 amide bonds. The van der Waals surface area contributed by atoms with Crippen molar-refractivity contribution in [2.75, 3.05) is 0 Å². The molecule has 0 unspecified atom stereocenters. The lowest BCUT2D eigenvalue weighted by atomic mass is 10.1. The zero-order chi connectivity index (χ0) is 31.6. The zero-order valence-corrected chi connectivity index (χ0v) is 23.5. The number of alkyl halides is 3. The summed E-state index contributed by atoms with van der Waals surface area (Å²) in [6.07, 6.45) is 1.73. The number of hydrogen-bond acceptors (Lipinski definition) is 4. The highest BCUT2D eigenvalue weighted by Crippen LogP contribution is 2.39. The van der Waals surface area contributed by atoms with E-state index in [1.54, 1.807) is 41.2 Å². The number of nitrogens with two attached hydrogens (primary N) is 2. The van der Waals surface area contributed by atoms with Crippen molar-refractivity contribution in [3.8, 4) is 22.3 Å². The number of carbonyl (C=O) groups is 2. The summed E-state index contributed by atoms with van der Waals surface area (Å²) < 4.78 is 56.2. The lowest BCUT2D eigenvalue weighted by Crippen LogP contribution is -2.19. The first-order valence-corrected chi connectivity index (χ1v) is 13.5. The molecule has 6 aromatic rings. The van der Waals surface area contributed by atoms with Crippen molar-refractivity contribution < 1.29 is 27.2 Å². The Kier molecular flexibility index (Phi) is 8.25. The molecule has 6 rings (SSSR count). The molecule has 4 aromatic heterocycles. The SMILES string of the molecule is Cc1c(-c2c[nH]c3cc(F)ccc23)cnn1CCC(N)=O.NC(=O)CCn1ncc(-c2c[nH]c3ccccc23)c1C(F)(F)F. The van der Waals surface area contributed by atoms with Crippen molar-refractivity contribution in [2.24, 2.45) is 11.5 Å². The van der Waals surface area contributed by atoms with Gasteiger partial charge < -0.3 is 21.4 Å². The number of para-hydroxylation sites is 1. The van der Waals surface area contributed by atoms with Crippen LogP contribution in [0.25, 0.3) is 44.1 Å². The first-order chi connectivity index (χ1) is 20.9. The summed E-state index contributed by atoms with van der Waals surface area (Å²) in [5.74, 6) is -1.30. The van der Waals surface area contributed by atoms with Crippen LogP contribution in [0.2, 0.25) is 0 Å². The highest BCUT2D eigenvalue weighted by atomic mass is 19.4. The Morgan fingerprint density at radius 3 is 2.05 bits per heavy atom. The van der Waals surface area contributed by atoms with Crippen LogP contribution < -0.4 is 11.5 Å². The van der Waals surface area contributed by atoms with Gasteiger partial charge in [-0.1, -0.05) is 18.2 Å². The van der Waals surface area contributed by atoms with E-state index < -0.39 is 17.8 Å². The van der Waals surface area contributed by atoms with Crippen molar-refractivity contribution in [1.82, 2.24) is 29.5 Å². The maximum atomic E-state index is 13.5. The molecule has 228 valence electrons. The van der Waals surface area contributed by atoms with Crippen LogP contribution in [0.1, 0.15) is 24.2 Å². The highest BCUT2D eigenvalue weighted by Gasteiger charge is 2.39. The van der Waals surface area contributed by atoms with Gasteiger partial charge in [0, 0.05) is 81.5 Å². The van der Waals surface area contributed by atoms with Crippen molar-refractivity contribution in [1.29, 1.82) is 0 Å². The lowest BCUT2D eigenvalue weighted by molar-refractivity contribution is -0.144. The van der Waals surface area contributed by atoms with Crippen LogP contribution in [0, 0.1) is 12.7 Å². The van der Waals surface area contributed by atoms with E-state index in [1.807, 2.05) is 13.1 Å². The number of aromatic nitrogens is 6. The van der Waals surface area contributed by atoms with E-state index in [9.17, 15) is 27.2 Å². The van der Waals surface area contributed by atoms with E-state index in [1.165, 1.54) is 24.5 Å². The Hall–Kier alpha value is -5.40. The van der Waals surface area contributed by atoms with Crippen molar-refractivity contribution in [2.45, 2.75) is 39.0 Å². The summed E-state index contributed by atoms with van der Waals surface area (Å²) in [5, 5.41) is 9.69. The number of aromatic amines is 2. The van der Waals surface area contributed by atoms with Gasteiger partial charge in [-0.2, -0.15) is 23.4 Å². The number of amides is 2. The van der Waals surface area contributed by atoms with Gasteiger partial charge in [-0.05, 0) is 31.2 Å². The molecule has 0 saturated carbocycles. The van der Waals surface area contributed by atoms with Gasteiger partial charge in [-0.3, -0.25) is 19.0 Å². The highest BCUT2D eigenvalue weighted by molar-refractivity contribution is 5.97. The Morgan fingerprint density at radius 1 is 0.795 bits per heavy atom. The molecule has 0 aliphatic carbocycles. The third-order valence-corrected chi connectivity index (χ3v) is 7.16. The molecule has 0 saturated heterocycles. The average molecular weight is 609 g/mol. The fourth-order valence-corrected chi connectivity index (χ4v) is 5.04. The number of nitrogens with zero attached hydrogens (tertiary/aromatic N) is 4. The van der Waals surface area contributed by atoms with Gasteiger partial charge in [0.05, 0.1) is 18.9 Å².